The highest BCUT2D eigenvalue weighted by Crippen LogP contribution is 2.17. The second kappa shape index (κ2) is 4.90. The molecule has 0 unspecified atom stereocenters. The zero-order chi connectivity index (χ0) is 12.3. The molecule has 92 valence electrons. The van der Waals surface area contributed by atoms with Gasteiger partial charge in [-0.05, 0) is 38.4 Å². The Balaban J connectivity index is 1.91. The van der Waals surface area contributed by atoms with Crippen LogP contribution in [-0.2, 0) is 6.42 Å². The molecule has 0 spiro atoms. The second-order valence-corrected chi connectivity index (χ2v) is 5.10. The number of fused-ring (bicyclic) bond motifs is 1. The van der Waals surface area contributed by atoms with Crippen molar-refractivity contribution in [2.75, 3.05) is 13.1 Å². The van der Waals surface area contributed by atoms with Crippen molar-refractivity contribution in [2.45, 2.75) is 25.9 Å². The Hall–Kier alpha value is -1.32. The van der Waals surface area contributed by atoms with Gasteiger partial charge in [-0.1, -0.05) is 18.2 Å². The van der Waals surface area contributed by atoms with E-state index in [9.17, 15) is 5.11 Å². The van der Waals surface area contributed by atoms with Crippen LogP contribution in [0.25, 0.3) is 10.9 Å². The van der Waals surface area contributed by atoms with Crippen LogP contribution >= 0.6 is 0 Å². The maximum absolute atomic E-state index is 9.58. The fraction of sp³-hybridized carbons (Fsp3) is 0.429. The summed E-state index contributed by atoms with van der Waals surface area (Å²) in [6.45, 7) is 5.12. The molecule has 0 aliphatic heterocycles. The third-order valence-corrected chi connectivity index (χ3v) is 2.80. The zero-order valence-corrected chi connectivity index (χ0v) is 10.5. The molecule has 3 heteroatoms. The number of aromatic nitrogens is 1. The highest BCUT2D eigenvalue weighted by atomic mass is 16.3. The van der Waals surface area contributed by atoms with Crippen LogP contribution in [0.15, 0.2) is 30.5 Å². The highest BCUT2D eigenvalue weighted by molar-refractivity contribution is 5.83. The van der Waals surface area contributed by atoms with Crippen LogP contribution < -0.4 is 5.32 Å². The third kappa shape index (κ3) is 3.32. The number of benzene rings is 1. The van der Waals surface area contributed by atoms with E-state index in [2.05, 4.69) is 34.7 Å². The van der Waals surface area contributed by atoms with Crippen molar-refractivity contribution >= 4 is 10.9 Å². The summed E-state index contributed by atoms with van der Waals surface area (Å²) >= 11 is 0. The van der Waals surface area contributed by atoms with Crippen molar-refractivity contribution in [1.29, 1.82) is 0 Å². The average Bonchev–Trinajstić information content (AvgIpc) is 2.67. The van der Waals surface area contributed by atoms with Crippen molar-refractivity contribution in [3.8, 4) is 0 Å². The normalized spacial score (nSPS) is 12.2. The van der Waals surface area contributed by atoms with Crippen LogP contribution in [-0.4, -0.2) is 28.8 Å². The second-order valence-electron chi connectivity index (χ2n) is 5.10. The van der Waals surface area contributed by atoms with Crippen LogP contribution in [0, 0.1) is 0 Å². The SMILES string of the molecule is CC(C)(O)CNCCc1c[nH]c2ccccc12. The molecule has 1 heterocycles. The van der Waals surface area contributed by atoms with Crippen LogP contribution in [0.3, 0.4) is 0 Å². The van der Waals surface area contributed by atoms with Crippen LogP contribution in [0.1, 0.15) is 19.4 Å². The van der Waals surface area contributed by atoms with Gasteiger partial charge in [0.1, 0.15) is 0 Å². The van der Waals surface area contributed by atoms with E-state index in [1.54, 1.807) is 0 Å². The molecule has 1 aromatic carbocycles. The maximum Gasteiger partial charge on any atom is 0.0715 e. The van der Waals surface area contributed by atoms with Crippen LogP contribution in [0.4, 0.5) is 0 Å². The molecule has 0 atom stereocenters. The summed E-state index contributed by atoms with van der Waals surface area (Å²) in [5.74, 6) is 0. The first kappa shape index (κ1) is 12.1. The smallest absolute Gasteiger partial charge is 0.0715 e. The lowest BCUT2D eigenvalue weighted by atomic mass is 10.1. The fourth-order valence-electron chi connectivity index (χ4n) is 1.96. The monoisotopic (exact) mass is 232 g/mol. The van der Waals surface area contributed by atoms with E-state index < -0.39 is 5.60 Å². The van der Waals surface area contributed by atoms with Crippen molar-refractivity contribution in [3.63, 3.8) is 0 Å². The van der Waals surface area contributed by atoms with Gasteiger partial charge in [-0.2, -0.15) is 0 Å². The van der Waals surface area contributed by atoms with Gasteiger partial charge in [0, 0.05) is 23.6 Å². The van der Waals surface area contributed by atoms with Gasteiger partial charge in [0.25, 0.3) is 0 Å². The molecule has 0 bridgehead atoms. The standard InChI is InChI=1S/C14H20N2O/c1-14(2,17)10-15-8-7-11-9-16-13-6-4-3-5-12(11)13/h3-6,9,15-17H,7-8,10H2,1-2H3. The number of H-pyrrole nitrogens is 1. The average molecular weight is 232 g/mol. The lowest BCUT2D eigenvalue weighted by Gasteiger charge is -2.17. The summed E-state index contributed by atoms with van der Waals surface area (Å²) in [5.41, 5.74) is 1.87. The third-order valence-electron chi connectivity index (χ3n) is 2.80. The first-order valence-corrected chi connectivity index (χ1v) is 6.04. The summed E-state index contributed by atoms with van der Waals surface area (Å²) in [6.07, 6.45) is 3.04. The Labute approximate surface area is 102 Å². The number of hydrogen-bond donors (Lipinski definition) is 3. The number of aromatic amines is 1. The minimum absolute atomic E-state index is 0.620. The molecule has 3 nitrogen and oxygen atoms in total. The van der Waals surface area contributed by atoms with E-state index in [0.29, 0.717) is 6.54 Å². The number of hydrogen-bond acceptors (Lipinski definition) is 2. The fourth-order valence-corrected chi connectivity index (χ4v) is 1.96. The predicted molar refractivity (Wildman–Crippen MR) is 71.2 cm³/mol. The Morgan fingerprint density at radius 3 is 2.82 bits per heavy atom. The molecule has 3 N–H and O–H groups in total. The molecule has 17 heavy (non-hydrogen) atoms. The van der Waals surface area contributed by atoms with Crippen LogP contribution in [0.5, 0.6) is 0 Å². The summed E-state index contributed by atoms with van der Waals surface area (Å²) in [7, 11) is 0. The van der Waals surface area contributed by atoms with E-state index in [1.807, 2.05) is 19.9 Å². The van der Waals surface area contributed by atoms with E-state index >= 15 is 0 Å². The molecule has 0 saturated carbocycles. The highest BCUT2D eigenvalue weighted by Gasteiger charge is 2.11. The van der Waals surface area contributed by atoms with Gasteiger partial charge in [0.15, 0.2) is 0 Å². The quantitative estimate of drug-likeness (QED) is 0.691. The van der Waals surface area contributed by atoms with Crippen molar-refractivity contribution in [2.24, 2.45) is 0 Å². The van der Waals surface area contributed by atoms with Gasteiger partial charge < -0.3 is 15.4 Å². The van der Waals surface area contributed by atoms with Gasteiger partial charge in [-0.3, -0.25) is 0 Å². The molecule has 0 amide bonds. The summed E-state index contributed by atoms with van der Waals surface area (Å²) in [5, 5.41) is 14.1. The summed E-state index contributed by atoms with van der Waals surface area (Å²) in [4.78, 5) is 3.27. The number of nitrogens with one attached hydrogen (secondary N) is 2. The number of aliphatic hydroxyl groups is 1. The predicted octanol–water partition coefficient (Wildman–Crippen LogP) is 2.07. The topological polar surface area (TPSA) is 48.0 Å². The Morgan fingerprint density at radius 2 is 2.06 bits per heavy atom. The van der Waals surface area contributed by atoms with Crippen molar-refractivity contribution in [1.82, 2.24) is 10.3 Å². The molecule has 0 aliphatic rings. The molecule has 0 aliphatic carbocycles. The molecule has 0 fully saturated rings. The molecule has 2 aromatic rings. The molecule has 0 radical (unpaired) electrons. The minimum atomic E-state index is -0.639. The maximum atomic E-state index is 9.58. The molecule has 1 aromatic heterocycles. The van der Waals surface area contributed by atoms with Crippen LogP contribution in [0.2, 0.25) is 0 Å². The van der Waals surface area contributed by atoms with Gasteiger partial charge in [-0.25, -0.2) is 0 Å². The molecule has 0 saturated heterocycles. The summed E-state index contributed by atoms with van der Waals surface area (Å²) in [6, 6.07) is 8.32. The van der Waals surface area contributed by atoms with Crippen molar-refractivity contribution < 1.29 is 5.11 Å². The van der Waals surface area contributed by atoms with Crippen molar-refractivity contribution in [3.05, 3.63) is 36.0 Å². The molecular weight excluding hydrogens is 212 g/mol. The Bertz CT molecular complexity index is 482. The molecule has 2 rings (SSSR count). The largest absolute Gasteiger partial charge is 0.389 e. The Kier molecular flexibility index (Phi) is 3.50. The summed E-state index contributed by atoms with van der Waals surface area (Å²) < 4.78 is 0. The first-order valence-electron chi connectivity index (χ1n) is 6.04. The van der Waals surface area contributed by atoms with Gasteiger partial charge >= 0.3 is 0 Å². The van der Waals surface area contributed by atoms with Gasteiger partial charge in [-0.15, -0.1) is 0 Å². The first-order chi connectivity index (χ1) is 8.06. The van der Waals surface area contributed by atoms with Gasteiger partial charge in [0.05, 0.1) is 5.60 Å². The minimum Gasteiger partial charge on any atom is -0.389 e. The van der Waals surface area contributed by atoms with E-state index in [4.69, 9.17) is 0 Å². The zero-order valence-electron chi connectivity index (χ0n) is 10.5. The Morgan fingerprint density at radius 1 is 1.29 bits per heavy atom. The van der Waals surface area contributed by atoms with E-state index in [-0.39, 0.29) is 0 Å². The number of rotatable bonds is 5. The lowest BCUT2D eigenvalue weighted by molar-refractivity contribution is 0.0801. The number of para-hydroxylation sites is 1. The van der Waals surface area contributed by atoms with Gasteiger partial charge in [0.2, 0.25) is 0 Å². The van der Waals surface area contributed by atoms with E-state index in [1.165, 1.54) is 16.5 Å². The lowest BCUT2D eigenvalue weighted by Crippen LogP contribution is -2.35. The molecular formula is C14H20N2O. The van der Waals surface area contributed by atoms with E-state index in [0.717, 1.165) is 13.0 Å².